The van der Waals surface area contributed by atoms with Crippen LogP contribution in [0.25, 0.3) is 6.08 Å². The van der Waals surface area contributed by atoms with E-state index in [4.69, 9.17) is 23.8 Å². The van der Waals surface area contributed by atoms with Crippen LogP contribution >= 0.6 is 58.7 Å². The Kier molecular flexibility index (Phi) is 7.76. The Morgan fingerprint density at radius 2 is 1.91 bits per heavy atom. The molecule has 0 unspecified atom stereocenters. The molecule has 0 saturated carbocycles. The van der Waals surface area contributed by atoms with Crippen molar-refractivity contribution in [1.29, 1.82) is 0 Å². The number of carbonyl (C=O) groups excluding carboxylic acids is 2. The number of benzene rings is 2. The SMILES string of the molecule is O=C(CN1C(=O)/C(=C/c2ccc(Cl)cc2)SC1=S)Nc1nnc(SCc2ccc(F)cc2)s1. The molecule has 1 aliphatic rings. The van der Waals surface area contributed by atoms with Gasteiger partial charge in [-0.15, -0.1) is 10.2 Å². The Balaban J connectivity index is 1.32. The molecule has 2 amide bonds. The molecule has 12 heteroatoms. The highest BCUT2D eigenvalue weighted by Gasteiger charge is 2.33. The zero-order valence-electron chi connectivity index (χ0n) is 16.7. The maximum Gasteiger partial charge on any atom is 0.266 e. The number of hydrogen-bond donors (Lipinski definition) is 1. The quantitative estimate of drug-likeness (QED) is 0.186. The molecule has 6 nitrogen and oxygen atoms in total. The van der Waals surface area contributed by atoms with Gasteiger partial charge in [-0.1, -0.05) is 82.9 Å². The van der Waals surface area contributed by atoms with Crippen LogP contribution in [0.5, 0.6) is 0 Å². The van der Waals surface area contributed by atoms with Crippen molar-refractivity contribution in [2.75, 3.05) is 11.9 Å². The van der Waals surface area contributed by atoms with Gasteiger partial charge in [0.25, 0.3) is 5.91 Å². The van der Waals surface area contributed by atoms with Gasteiger partial charge in [0.05, 0.1) is 4.91 Å². The summed E-state index contributed by atoms with van der Waals surface area (Å²) in [6.45, 7) is -0.222. The molecular formula is C21H14ClFN4O2S4. The van der Waals surface area contributed by atoms with Gasteiger partial charge < -0.3 is 0 Å². The summed E-state index contributed by atoms with van der Waals surface area (Å²) in [5.41, 5.74) is 1.76. The number of thiocarbonyl (C=S) groups is 1. The Bertz CT molecular complexity index is 1230. The summed E-state index contributed by atoms with van der Waals surface area (Å²) in [7, 11) is 0. The van der Waals surface area contributed by atoms with E-state index < -0.39 is 5.91 Å². The van der Waals surface area contributed by atoms with Gasteiger partial charge in [0.1, 0.15) is 16.7 Å². The zero-order chi connectivity index (χ0) is 23.4. The van der Waals surface area contributed by atoms with Crippen LogP contribution < -0.4 is 5.32 Å². The highest BCUT2D eigenvalue weighted by atomic mass is 35.5. The van der Waals surface area contributed by atoms with E-state index in [1.165, 1.54) is 40.1 Å². The first-order valence-electron chi connectivity index (χ1n) is 9.39. The summed E-state index contributed by atoms with van der Waals surface area (Å²) in [6, 6.07) is 13.3. The molecule has 33 heavy (non-hydrogen) atoms. The fourth-order valence-corrected chi connectivity index (χ4v) is 5.80. The number of aromatic nitrogens is 2. The Morgan fingerprint density at radius 3 is 2.64 bits per heavy atom. The summed E-state index contributed by atoms with van der Waals surface area (Å²) in [5.74, 6) is -0.445. The Morgan fingerprint density at radius 1 is 1.18 bits per heavy atom. The van der Waals surface area contributed by atoms with Crippen LogP contribution in [0.1, 0.15) is 11.1 Å². The van der Waals surface area contributed by atoms with Crippen molar-refractivity contribution in [1.82, 2.24) is 15.1 Å². The number of rotatable bonds is 7. The molecule has 0 radical (unpaired) electrons. The third-order valence-corrected chi connectivity index (χ3v) is 7.94. The van der Waals surface area contributed by atoms with E-state index >= 15 is 0 Å². The number of nitrogens with one attached hydrogen (secondary N) is 1. The van der Waals surface area contributed by atoms with Gasteiger partial charge >= 0.3 is 0 Å². The lowest BCUT2D eigenvalue weighted by molar-refractivity contribution is -0.126. The number of halogens is 2. The average Bonchev–Trinajstić information content (AvgIpc) is 3.34. The van der Waals surface area contributed by atoms with Crippen LogP contribution in [-0.2, 0) is 15.3 Å². The van der Waals surface area contributed by atoms with Crippen molar-refractivity contribution in [3.05, 3.63) is 75.4 Å². The molecule has 0 spiro atoms. The molecule has 0 bridgehead atoms. The predicted molar refractivity (Wildman–Crippen MR) is 136 cm³/mol. The first-order valence-corrected chi connectivity index (χ1v) is 12.8. The van der Waals surface area contributed by atoms with E-state index in [-0.39, 0.29) is 18.3 Å². The summed E-state index contributed by atoms with van der Waals surface area (Å²) in [4.78, 5) is 26.9. The van der Waals surface area contributed by atoms with Crippen molar-refractivity contribution in [3.63, 3.8) is 0 Å². The second-order valence-electron chi connectivity index (χ2n) is 6.66. The molecule has 168 valence electrons. The van der Waals surface area contributed by atoms with Crippen LogP contribution in [0.2, 0.25) is 5.02 Å². The highest BCUT2D eigenvalue weighted by molar-refractivity contribution is 8.26. The van der Waals surface area contributed by atoms with E-state index in [1.807, 2.05) is 0 Å². The average molecular weight is 537 g/mol. The van der Waals surface area contributed by atoms with Crippen LogP contribution in [0, 0.1) is 5.82 Å². The standard InChI is InChI=1S/C21H14ClFN4O2S4/c22-14-5-1-12(2-6-14)9-16-18(29)27(21(30)32-16)10-17(28)24-19-25-26-20(33-19)31-11-13-3-7-15(23)8-4-13/h1-9H,10-11H2,(H,24,25,28)/b16-9-. The van der Waals surface area contributed by atoms with Crippen LogP contribution in [0.15, 0.2) is 57.8 Å². The monoisotopic (exact) mass is 536 g/mol. The van der Waals surface area contributed by atoms with E-state index in [2.05, 4.69) is 15.5 Å². The van der Waals surface area contributed by atoms with Gasteiger partial charge in [-0.2, -0.15) is 0 Å². The topological polar surface area (TPSA) is 75.2 Å². The van der Waals surface area contributed by atoms with Gasteiger partial charge in [-0.3, -0.25) is 19.8 Å². The molecular weight excluding hydrogens is 523 g/mol. The second kappa shape index (κ2) is 10.7. The van der Waals surface area contributed by atoms with Crippen molar-refractivity contribution >= 4 is 86.0 Å². The molecule has 0 aliphatic carbocycles. The van der Waals surface area contributed by atoms with E-state index in [1.54, 1.807) is 42.5 Å². The van der Waals surface area contributed by atoms with Gasteiger partial charge in [-0.05, 0) is 41.5 Å². The van der Waals surface area contributed by atoms with E-state index in [0.29, 0.717) is 29.5 Å². The molecule has 4 rings (SSSR count). The predicted octanol–water partition coefficient (Wildman–Crippen LogP) is 5.46. The van der Waals surface area contributed by atoms with Crippen molar-refractivity contribution < 1.29 is 14.0 Å². The minimum Gasteiger partial charge on any atom is -0.299 e. The number of nitrogens with zero attached hydrogens (tertiary/aromatic N) is 3. The van der Waals surface area contributed by atoms with E-state index in [0.717, 1.165) is 22.9 Å². The fraction of sp³-hybridized carbons (Fsp3) is 0.0952. The molecule has 3 aromatic rings. The molecule has 0 atom stereocenters. The number of thioether (sulfide) groups is 2. The van der Waals surface area contributed by atoms with Gasteiger partial charge in [-0.25, -0.2) is 4.39 Å². The summed E-state index contributed by atoms with van der Waals surface area (Å²) in [5, 5.41) is 11.6. The van der Waals surface area contributed by atoms with Crippen LogP contribution in [-0.4, -0.2) is 37.8 Å². The lowest BCUT2D eigenvalue weighted by Crippen LogP contribution is -2.36. The van der Waals surface area contributed by atoms with Gasteiger partial charge in [0.2, 0.25) is 11.0 Å². The Labute approximate surface area is 211 Å². The maximum atomic E-state index is 13.0. The molecule has 2 heterocycles. The van der Waals surface area contributed by atoms with Gasteiger partial charge in [0, 0.05) is 10.8 Å². The number of amides is 2. The molecule has 1 fully saturated rings. The molecule has 1 aromatic heterocycles. The number of carbonyl (C=O) groups is 2. The molecule has 2 aromatic carbocycles. The molecule has 1 aliphatic heterocycles. The van der Waals surface area contributed by atoms with E-state index in [9.17, 15) is 14.0 Å². The summed E-state index contributed by atoms with van der Waals surface area (Å²) >= 11 is 15.0. The molecule has 1 saturated heterocycles. The first-order chi connectivity index (χ1) is 15.9. The Hall–Kier alpha value is -2.31. The minimum atomic E-state index is -0.426. The van der Waals surface area contributed by atoms with Crippen molar-refractivity contribution in [2.24, 2.45) is 0 Å². The van der Waals surface area contributed by atoms with Crippen molar-refractivity contribution in [3.8, 4) is 0 Å². The zero-order valence-corrected chi connectivity index (χ0v) is 20.7. The van der Waals surface area contributed by atoms with Crippen LogP contribution in [0.4, 0.5) is 9.52 Å². The van der Waals surface area contributed by atoms with Crippen molar-refractivity contribution in [2.45, 2.75) is 10.1 Å². The smallest absolute Gasteiger partial charge is 0.266 e. The summed E-state index contributed by atoms with van der Waals surface area (Å²) < 4.78 is 14.0. The minimum absolute atomic E-state index is 0.222. The lowest BCUT2D eigenvalue weighted by Gasteiger charge is -2.13. The fourth-order valence-electron chi connectivity index (χ4n) is 2.69. The number of hydrogen-bond acceptors (Lipinski definition) is 8. The third-order valence-electron chi connectivity index (χ3n) is 4.27. The largest absolute Gasteiger partial charge is 0.299 e. The maximum absolute atomic E-state index is 13.0. The third kappa shape index (κ3) is 6.39. The summed E-state index contributed by atoms with van der Waals surface area (Å²) in [6.07, 6.45) is 1.71. The molecule has 1 N–H and O–H groups in total. The number of anilines is 1. The van der Waals surface area contributed by atoms with Crippen LogP contribution in [0.3, 0.4) is 0 Å². The normalized spacial score (nSPS) is 14.8. The highest BCUT2D eigenvalue weighted by Crippen LogP contribution is 2.33. The first kappa shape index (κ1) is 23.8. The second-order valence-corrected chi connectivity index (χ2v) is 11.0. The van der Waals surface area contributed by atoms with Gasteiger partial charge in [0.15, 0.2) is 4.34 Å². The lowest BCUT2D eigenvalue weighted by atomic mass is 10.2.